The second-order valence-electron chi connectivity index (χ2n) is 18.7. The van der Waals surface area contributed by atoms with Gasteiger partial charge in [-0.3, -0.25) is 9.59 Å². The number of amides is 1. The number of allylic oxidation sites excluding steroid dienone is 4. The Balaban J connectivity index is 4.47. The molecule has 0 aliphatic rings. The minimum absolute atomic E-state index is 0.0721. The summed E-state index contributed by atoms with van der Waals surface area (Å²) in [7, 11) is 0. The molecule has 0 spiro atoms. The van der Waals surface area contributed by atoms with Crippen molar-refractivity contribution in [2.75, 3.05) is 6.61 Å². The number of aliphatic hydroxyl groups excluding tert-OH is 2. The van der Waals surface area contributed by atoms with Gasteiger partial charge in [0.25, 0.3) is 0 Å². The van der Waals surface area contributed by atoms with E-state index in [4.69, 9.17) is 4.74 Å². The molecule has 3 unspecified atom stereocenters. The Morgan fingerprint density at radius 2 is 0.820 bits per heavy atom. The lowest BCUT2D eigenvalue weighted by molar-refractivity contribution is -0.151. The van der Waals surface area contributed by atoms with Crippen LogP contribution in [-0.4, -0.2) is 46.9 Å². The van der Waals surface area contributed by atoms with E-state index in [9.17, 15) is 19.8 Å². The van der Waals surface area contributed by atoms with Gasteiger partial charge in [-0.1, -0.05) is 251 Å². The highest BCUT2D eigenvalue weighted by atomic mass is 16.5. The predicted molar refractivity (Wildman–Crippen MR) is 264 cm³/mol. The number of carbonyl (C=O) groups is 2. The van der Waals surface area contributed by atoms with Gasteiger partial charge in [-0.25, -0.2) is 0 Å². The maximum atomic E-state index is 13.2. The molecule has 0 fully saturated rings. The molecule has 6 heteroatoms. The monoisotopic (exact) mass is 860 g/mol. The van der Waals surface area contributed by atoms with Gasteiger partial charge in [-0.15, -0.1) is 0 Å². The number of rotatable bonds is 49. The molecule has 1 amide bonds. The van der Waals surface area contributed by atoms with Crippen LogP contribution < -0.4 is 5.32 Å². The third-order valence-electron chi connectivity index (χ3n) is 12.6. The van der Waals surface area contributed by atoms with Crippen molar-refractivity contribution in [3.63, 3.8) is 0 Å². The van der Waals surface area contributed by atoms with Gasteiger partial charge in [0.2, 0.25) is 5.91 Å². The molecule has 3 N–H and O–H groups in total. The summed E-state index contributed by atoms with van der Waals surface area (Å²) in [6.45, 7) is 6.49. The SMILES string of the molecule is CCCCCCCCC/C=C/C=C/CCCCCC(=O)OC(CCCCCCCCCCCC)CC(=O)NC(CO)C(O)CCCCCCCCCCCCCCCCCC. The van der Waals surface area contributed by atoms with Crippen molar-refractivity contribution < 1.29 is 24.5 Å². The summed E-state index contributed by atoms with van der Waals surface area (Å²) in [5.74, 6) is -0.492. The molecule has 0 aliphatic carbocycles. The van der Waals surface area contributed by atoms with Crippen LogP contribution in [-0.2, 0) is 14.3 Å². The number of unbranched alkanes of at least 4 members (excludes halogenated alkanes) is 34. The van der Waals surface area contributed by atoms with E-state index in [1.165, 1.54) is 186 Å². The minimum atomic E-state index is -0.788. The van der Waals surface area contributed by atoms with Gasteiger partial charge in [0, 0.05) is 6.42 Å². The van der Waals surface area contributed by atoms with Crippen LogP contribution in [0.1, 0.15) is 290 Å². The number of hydrogen-bond donors (Lipinski definition) is 3. The second kappa shape index (κ2) is 49.4. The summed E-state index contributed by atoms with van der Waals surface area (Å²) in [6, 6.07) is -0.702. The molecule has 0 aliphatic heterocycles. The molecule has 0 aromatic rings. The first-order chi connectivity index (χ1) is 30.0. The first kappa shape index (κ1) is 59.3. The van der Waals surface area contributed by atoms with Crippen molar-refractivity contribution in [3.05, 3.63) is 24.3 Å². The number of aliphatic hydroxyl groups is 2. The Bertz CT molecular complexity index is 966. The molecule has 0 radical (unpaired) electrons. The molecule has 6 nitrogen and oxygen atoms in total. The van der Waals surface area contributed by atoms with E-state index in [0.29, 0.717) is 19.3 Å². The molecular formula is C55H105NO5. The highest BCUT2D eigenvalue weighted by Crippen LogP contribution is 2.18. The largest absolute Gasteiger partial charge is 0.462 e. The van der Waals surface area contributed by atoms with Crippen molar-refractivity contribution in [3.8, 4) is 0 Å². The zero-order valence-electron chi connectivity index (χ0n) is 41.1. The molecule has 0 bridgehead atoms. The summed E-state index contributed by atoms with van der Waals surface area (Å²) >= 11 is 0. The molecule has 61 heavy (non-hydrogen) atoms. The molecule has 0 saturated carbocycles. The highest BCUT2D eigenvalue weighted by Gasteiger charge is 2.24. The fourth-order valence-corrected chi connectivity index (χ4v) is 8.42. The molecular weight excluding hydrogens is 755 g/mol. The van der Waals surface area contributed by atoms with E-state index in [1.54, 1.807) is 0 Å². The summed E-state index contributed by atoms with van der Waals surface area (Å²) in [6.07, 6.45) is 56.7. The number of ether oxygens (including phenoxy) is 1. The van der Waals surface area contributed by atoms with E-state index in [-0.39, 0.29) is 24.9 Å². The Hall–Kier alpha value is -1.66. The first-order valence-corrected chi connectivity index (χ1v) is 27.1. The Morgan fingerprint density at radius 1 is 0.475 bits per heavy atom. The van der Waals surface area contributed by atoms with Gasteiger partial charge in [0.15, 0.2) is 0 Å². The third kappa shape index (κ3) is 44.7. The van der Waals surface area contributed by atoms with Crippen LogP contribution in [0.3, 0.4) is 0 Å². The molecule has 0 aromatic carbocycles. The van der Waals surface area contributed by atoms with Crippen LogP contribution in [0.4, 0.5) is 0 Å². The van der Waals surface area contributed by atoms with Gasteiger partial charge in [-0.2, -0.15) is 0 Å². The Kier molecular flexibility index (Phi) is 48.0. The standard InChI is InChI=1S/C55H105NO5/c1-4-7-10-13-16-19-22-24-26-28-30-32-35-38-41-44-47-53(58)52(50-57)56-54(59)49-51(46-43-40-37-34-21-18-15-12-9-6-3)61-55(60)48-45-42-39-36-33-31-29-27-25-23-20-17-14-11-8-5-2/h27,29,31,33,51-53,57-58H,4-26,28,30,32,34-50H2,1-3H3,(H,56,59)/b29-27+,33-31+. The maximum Gasteiger partial charge on any atom is 0.306 e. The molecule has 360 valence electrons. The van der Waals surface area contributed by atoms with Crippen molar-refractivity contribution >= 4 is 11.9 Å². The highest BCUT2D eigenvalue weighted by molar-refractivity contribution is 5.77. The van der Waals surface area contributed by atoms with E-state index in [1.807, 2.05) is 0 Å². The average molecular weight is 860 g/mol. The van der Waals surface area contributed by atoms with E-state index >= 15 is 0 Å². The van der Waals surface area contributed by atoms with Gasteiger partial charge in [0.1, 0.15) is 6.10 Å². The zero-order chi connectivity index (χ0) is 44.5. The van der Waals surface area contributed by atoms with Gasteiger partial charge >= 0.3 is 5.97 Å². The summed E-state index contributed by atoms with van der Waals surface area (Å²) in [5.41, 5.74) is 0. The summed E-state index contributed by atoms with van der Waals surface area (Å²) in [5, 5.41) is 23.8. The first-order valence-electron chi connectivity index (χ1n) is 27.1. The van der Waals surface area contributed by atoms with Crippen molar-refractivity contribution in [1.29, 1.82) is 0 Å². The van der Waals surface area contributed by atoms with Crippen LogP contribution in [0.15, 0.2) is 24.3 Å². The van der Waals surface area contributed by atoms with Crippen LogP contribution >= 0.6 is 0 Å². The second-order valence-corrected chi connectivity index (χ2v) is 18.7. The normalized spacial score (nSPS) is 13.3. The lowest BCUT2D eigenvalue weighted by Gasteiger charge is -2.24. The van der Waals surface area contributed by atoms with Crippen molar-refractivity contribution in [2.45, 2.75) is 309 Å². The van der Waals surface area contributed by atoms with Gasteiger partial charge in [0.05, 0.1) is 25.2 Å². The molecule has 0 rings (SSSR count). The Morgan fingerprint density at radius 3 is 1.21 bits per heavy atom. The van der Waals surface area contributed by atoms with Gasteiger partial charge < -0.3 is 20.3 Å². The smallest absolute Gasteiger partial charge is 0.306 e. The fraction of sp³-hybridized carbons (Fsp3) is 0.891. The molecule has 0 saturated heterocycles. The topological polar surface area (TPSA) is 95.9 Å². The fourth-order valence-electron chi connectivity index (χ4n) is 8.42. The average Bonchev–Trinajstić information content (AvgIpc) is 3.25. The van der Waals surface area contributed by atoms with Crippen molar-refractivity contribution in [2.24, 2.45) is 0 Å². The van der Waals surface area contributed by atoms with E-state index in [0.717, 1.165) is 57.8 Å². The van der Waals surface area contributed by atoms with Crippen molar-refractivity contribution in [1.82, 2.24) is 5.32 Å². The van der Waals surface area contributed by atoms with Crippen LogP contribution in [0.25, 0.3) is 0 Å². The molecule has 3 atom stereocenters. The summed E-state index contributed by atoms with van der Waals surface area (Å²) in [4.78, 5) is 26.1. The molecule has 0 aromatic heterocycles. The number of nitrogens with one attached hydrogen (secondary N) is 1. The summed E-state index contributed by atoms with van der Waals surface area (Å²) < 4.78 is 5.92. The minimum Gasteiger partial charge on any atom is -0.462 e. The van der Waals surface area contributed by atoms with Crippen LogP contribution in [0.2, 0.25) is 0 Å². The van der Waals surface area contributed by atoms with E-state index in [2.05, 4.69) is 50.4 Å². The third-order valence-corrected chi connectivity index (χ3v) is 12.6. The number of hydrogen-bond acceptors (Lipinski definition) is 5. The predicted octanol–water partition coefficient (Wildman–Crippen LogP) is 16.3. The quantitative estimate of drug-likeness (QED) is 0.0322. The van der Waals surface area contributed by atoms with Gasteiger partial charge in [-0.05, 0) is 51.4 Å². The van der Waals surface area contributed by atoms with Crippen LogP contribution in [0, 0.1) is 0 Å². The number of esters is 1. The lowest BCUT2D eigenvalue weighted by atomic mass is 10.0. The van der Waals surface area contributed by atoms with E-state index < -0.39 is 18.2 Å². The zero-order valence-corrected chi connectivity index (χ0v) is 41.1. The Labute approximate surface area is 380 Å². The number of carbonyl (C=O) groups excluding carboxylic acids is 2. The maximum absolute atomic E-state index is 13.2. The lowest BCUT2D eigenvalue weighted by Crippen LogP contribution is -2.46. The van der Waals surface area contributed by atoms with Crippen LogP contribution in [0.5, 0.6) is 0 Å². The molecule has 0 heterocycles.